The van der Waals surface area contributed by atoms with Crippen LogP contribution in [0.1, 0.15) is 47.5 Å². The standard InChI is InChI=1S/C29H28N4O5/c30-26(35)12-22(18-6-7-23-19(10-18)3-2-8-31-23)29-28(37)25(34)11-21(38-29)16-32-13-17-9-20(15-32)24-4-1-5-27(36)33(24)14-17/h1-8,10-11,17,20,22,37H,9,12-16H2,(H2,30,35). The average Bonchev–Trinajstić information content (AvgIpc) is 2.89. The van der Waals surface area contributed by atoms with Gasteiger partial charge >= 0.3 is 0 Å². The third-order valence-corrected chi connectivity index (χ3v) is 7.69. The number of likely N-dealkylation sites (tertiary alicyclic amines) is 1. The van der Waals surface area contributed by atoms with Gasteiger partial charge in [0.25, 0.3) is 5.56 Å². The van der Waals surface area contributed by atoms with Crippen molar-refractivity contribution in [1.82, 2.24) is 14.5 Å². The van der Waals surface area contributed by atoms with E-state index >= 15 is 0 Å². The molecular weight excluding hydrogens is 484 g/mol. The molecular formula is C29H28N4O5. The summed E-state index contributed by atoms with van der Waals surface area (Å²) in [6.45, 7) is 2.53. The minimum Gasteiger partial charge on any atom is -0.502 e. The monoisotopic (exact) mass is 512 g/mol. The fraction of sp³-hybridized carbons (Fsp3) is 0.310. The number of rotatable bonds is 6. The molecule has 3 unspecified atom stereocenters. The second-order valence-electron chi connectivity index (χ2n) is 10.4. The lowest BCUT2D eigenvalue weighted by Gasteiger charge is -2.42. The summed E-state index contributed by atoms with van der Waals surface area (Å²) in [4.78, 5) is 43.8. The maximum absolute atomic E-state index is 12.8. The predicted molar refractivity (Wildman–Crippen MR) is 141 cm³/mol. The highest BCUT2D eigenvalue weighted by atomic mass is 16.4. The molecule has 1 aromatic carbocycles. The third kappa shape index (κ3) is 4.50. The van der Waals surface area contributed by atoms with E-state index in [-0.39, 0.29) is 23.7 Å². The number of nitrogens with two attached hydrogens (primary N) is 1. The molecule has 3 atom stereocenters. The zero-order valence-corrected chi connectivity index (χ0v) is 20.7. The van der Waals surface area contributed by atoms with Crippen molar-refractivity contribution in [2.24, 2.45) is 11.7 Å². The van der Waals surface area contributed by atoms with E-state index in [0.717, 1.165) is 36.1 Å². The maximum atomic E-state index is 12.8. The Hall–Kier alpha value is -4.24. The summed E-state index contributed by atoms with van der Waals surface area (Å²) in [7, 11) is 0. The minimum atomic E-state index is -0.732. The number of primary amides is 1. The lowest BCUT2D eigenvalue weighted by atomic mass is 9.83. The molecule has 0 saturated carbocycles. The van der Waals surface area contributed by atoms with E-state index in [9.17, 15) is 19.5 Å². The van der Waals surface area contributed by atoms with Crippen molar-refractivity contribution in [3.8, 4) is 5.75 Å². The first-order chi connectivity index (χ1) is 18.4. The summed E-state index contributed by atoms with van der Waals surface area (Å²) in [5.74, 6) is -0.855. The van der Waals surface area contributed by atoms with Gasteiger partial charge in [0.2, 0.25) is 17.1 Å². The number of hydrogen-bond acceptors (Lipinski definition) is 7. The van der Waals surface area contributed by atoms with Gasteiger partial charge in [0.05, 0.1) is 18.0 Å². The van der Waals surface area contributed by atoms with Crippen LogP contribution < -0.4 is 16.7 Å². The highest BCUT2D eigenvalue weighted by molar-refractivity contribution is 5.80. The van der Waals surface area contributed by atoms with E-state index in [1.807, 2.05) is 34.9 Å². The summed E-state index contributed by atoms with van der Waals surface area (Å²) in [5, 5.41) is 11.6. The molecule has 6 rings (SSSR count). The summed E-state index contributed by atoms with van der Waals surface area (Å²) in [6.07, 6.45) is 2.58. The van der Waals surface area contributed by atoms with Crippen LogP contribution in [0.5, 0.6) is 5.75 Å². The number of benzene rings is 1. The number of pyridine rings is 2. The van der Waals surface area contributed by atoms with Crippen molar-refractivity contribution in [3.63, 3.8) is 0 Å². The quantitative estimate of drug-likeness (QED) is 0.406. The number of amides is 1. The first kappa shape index (κ1) is 24.1. The molecule has 1 amide bonds. The van der Waals surface area contributed by atoms with E-state index in [1.165, 1.54) is 6.07 Å². The van der Waals surface area contributed by atoms with Crippen molar-refractivity contribution >= 4 is 16.8 Å². The predicted octanol–water partition coefficient (Wildman–Crippen LogP) is 2.68. The molecule has 2 aliphatic heterocycles. The minimum absolute atomic E-state index is 0.0311. The van der Waals surface area contributed by atoms with Gasteiger partial charge in [-0.2, -0.15) is 0 Å². The Morgan fingerprint density at radius 1 is 1.11 bits per heavy atom. The fourth-order valence-corrected chi connectivity index (χ4v) is 6.09. The van der Waals surface area contributed by atoms with E-state index < -0.39 is 23.0 Å². The Balaban J connectivity index is 1.32. The molecule has 3 aromatic heterocycles. The van der Waals surface area contributed by atoms with Gasteiger partial charge in [-0.1, -0.05) is 18.2 Å². The molecule has 1 fully saturated rings. The molecule has 3 N–H and O–H groups in total. The molecule has 194 valence electrons. The summed E-state index contributed by atoms with van der Waals surface area (Å²) in [5.41, 5.74) is 7.56. The van der Waals surface area contributed by atoms with Crippen LogP contribution in [0.4, 0.5) is 0 Å². The largest absolute Gasteiger partial charge is 0.502 e. The van der Waals surface area contributed by atoms with Crippen LogP contribution in [0.25, 0.3) is 10.9 Å². The van der Waals surface area contributed by atoms with Crippen molar-refractivity contribution in [1.29, 1.82) is 0 Å². The van der Waals surface area contributed by atoms with Crippen LogP contribution in [0, 0.1) is 5.92 Å². The van der Waals surface area contributed by atoms with Crippen LogP contribution in [0.15, 0.2) is 74.8 Å². The van der Waals surface area contributed by atoms with Crippen LogP contribution in [0.3, 0.4) is 0 Å². The molecule has 5 heterocycles. The van der Waals surface area contributed by atoms with Crippen LogP contribution >= 0.6 is 0 Å². The van der Waals surface area contributed by atoms with Crippen molar-refractivity contribution < 1.29 is 14.3 Å². The first-order valence-corrected chi connectivity index (χ1v) is 12.8. The molecule has 0 radical (unpaired) electrons. The SMILES string of the molecule is NC(=O)CC(c1ccc2ncccc2c1)c1oc(CN2CC3CC(C2)c2cccc(=O)n2C3)cc(=O)c1O. The lowest BCUT2D eigenvalue weighted by Crippen LogP contribution is -2.46. The molecule has 2 aliphatic rings. The summed E-state index contributed by atoms with van der Waals surface area (Å²) >= 11 is 0. The summed E-state index contributed by atoms with van der Waals surface area (Å²) in [6, 6.07) is 15.9. The van der Waals surface area contributed by atoms with E-state index in [4.69, 9.17) is 10.2 Å². The van der Waals surface area contributed by atoms with Gasteiger partial charge in [-0.25, -0.2) is 0 Å². The second-order valence-corrected chi connectivity index (χ2v) is 10.4. The highest BCUT2D eigenvalue weighted by Crippen LogP contribution is 2.37. The van der Waals surface area contributed by atoms with Gasteiger partial charge in [-0.05, 0) is 42.2 Å². The Morgan fingerprint density at radius 3 is 2.82 bits per heavy atom. The van der Waals surface area contributed by atoms with Crippen molar-refractivity contribution in [3.05, 3.63) is 104 Å². The van der Waals surface area contributed by atoms with E-state index in [0.29, 0.717) is 30.3 Å². The Kier molecular flexibility index (Phi) is 6.07. The Morgan fingerprint density at radius 2 is 1.97 bits per heavy atom. The topological polar surface area (TPSA) is 132 Å². The van der Waals surface area contributed by atoms with Crippen LogP contribution in [-0.4, -0.2) is 38.6 Å². The van der Waals surface area contributed by atoms with Crippen molar-refractivity contribution in [2.45, 2.75) is 37.8 Å². The number of aromatic nitrogens is 2. The van der Waals surface area contributed by atoms with E-state index in [2.05, 4.69) is 9.88 Å². The van der Waals surface area contributed by atoms with Gasteiger partial charge in [0.1, 0.15) is 5.76 Å². The maximum Gasteiger partial charge on any atom is 0.250 e. The zero-order chi connectivity index (χ0) is 26.4. The van der Waals surface area contributed by atoms with Gasteiger partial charge in [-0.3, -0.25) is 24.3 Å². The van der Waals surface area contributed by atoms with E-state index in [1.54, 1.807) is 24.4 Å². The van der Waals surface area contributed by atoms with Crippen molar-refractivity contribution in [2.75, 3.05) is 13.1 Å². The number of carbonyl (C=O) groups is 1. The molecule has 9 heteroatoms. The highest BCUT2D eigenvalue weighted by Gasteiger charge is 2.35. The molecule has 9 nitrogen and oxygen atoms in total. The zero-order valence-electron chi connectivity index (χ0n) is 20.7. The lowest BCUT2D eigenvalue weighted by molar-refractivity contribution is -0.118. The van der Waals surface area contributed by atoms with Gasteiger partial charge in [0, 0.05) is 61.4 Å². The number of hydrogen-bond donors (Lipinski definition) is 2. The number of carbonyl (C=O) groups excluding carboxylic acids is 1. The number of aromatic hydroxyl groups is 1. The molecule has 0 spiro atoms. The molecule has 4 aromatic rings. The van der Waals surface area contributed by atoms with Crippen LogP contribution in [0.2, 0.25) is 0 Å². The number of piperidine rings is 1. The third-order valence-electron chi connectivity index (χ3n) is 7.69. The fourth-order valence-electron chi connectivity index (χ4n) is 6.09. The van der Waals surface area contributed by atoms with Gasteiger partial charge in [-0.15, -0.1) is 0 Å². The number of fused-ring (bicyclic) bond motifs is 5. The molecule has 1 saturated heterocycles. The molecule has 0 aliphatic carbocycles. The normalized spacial score (nSPS) is 19.7. The Bertz CT molecular complexity index is 1660. The first-order valence-electron chi connectivity index (χ1n) is 12.8. The number of nitrogens with zero attached hydrogens (tertiary/aromatic N) is 3. The average molecular weight is 513 g/mol. The molecule has 38 heavy (non-hydrogen) atoms. The second kappa shape index (κ2) is 9.57. The smallest absolute Gasteiger partial charge is 0.250 e. The molecule has 2 bridgehead atoms. The van der Waals surface area contributed by atoms with Gasteiger partial charge < -0.3 is 19.8 Å². The summed E-state index contributed by atoms with van der Waals surface area (Å²) < 4.78 is 8.04. The van der Waals surface area contributed by atoms with Gasteiger partial charge in [0.15, 0.2) is 5.76 Å². The van der Waals surface area contributed by atoms with Crippen LogP contribution in [-0.2, 0) is 17.9 Å². The Labute approximate surface area is 218 Å².